The summed E-state index contributed by atoms with van der Waals surface area (Å²) in [5, 5.41) is 10.1. The maximum absolute atomic E-state index is 12.2. The first-order valence-corrected chi connectivity index (χ1v) is 7.46. The van der Waals surface area contributed by atoms with Crippen molar-refractivity contribution in [2.75, 3.05) is 11.5 Å². The largest absolute Gasteiger partial charge is 0.482 e. The van der Waals surface area contributed by atoms with Gasteiger partial charge < -0.3 is 14.7 Å². The Hall–Kier alpha value is -2.24. The van der Waals surface area contributed by atoms with Crippen molar-refractivity contribution < 1.29 is 19.4 Å². The highest BCUT2D eigenvalue weighted by Crippen LogP contribution is 2.35. The first-order chi connectivity index (χ1) is 11.0. The first kappa shape index (κ1) is 15.6. The summed E-state index contributed by atoms with van der Waals surface area (Å²) in [6.45, 7) is 0.0961. The Labute approximate surface area is 142 Å². The van der Waals surface area contributed by atoms with Gasteiger partial charge in [-0.25, -0.2) is 4.79 Å². The van der Waals surface area contributed by atoms with Gasteiger partial charge in [0, 0.05) is 10.0 Å². The summed E-state index contributed by atoms with van der Waals surface area (Å²) in [5.41, 5.74) is 1.19. The lowest BCUT2D eigenvalue weighted by Gasteiger charge is -2.30. The van der Waals surface area contributed by atoms with E-state index in [4.69, 9.17) is 33.0 Å². The van der Waals surface area contributed by atoms with Gasteiger partial charge in [0.2, 0.25) is 0 Å². The van der Waals surface area contributed by atoms with E-state index >= 15 is 0 Å². The van der Waals surface area contributed by atoms with Gasteiger partial charge in [-0.3, -0.25) is 4.79 Å². The fraction of sp³-hybridized carbons (Fsp3) is 0.125. The van der Waals surface area contributed by atoms with Gasteiger partial charge in [-0.1, -0.05) is 29.3 Å². The van der Waals surface area contributed by atoms with E-state index in [1.807, 2.05) is 0 Å². The van der Waals surface area contributed by atoms with E-state index < -0.39 is 5.97 Å². The molecule has 0 bridgehead atoms. The molecule has 0 aromatic heterocycles. The normalized spacial score (nSPS) is 13.5. The summed E-state index contributed by atoms with van der Waals surface area (Å²) in [6, 6.07) is 9.40. The molecule has 1 aliphatic heterocycles. The van der Waals surface area contributed by atoms with Crippen LogP contribution in [-0.2, 0) is 11.3 Å². The number of carbonyl (C=O) groups excluding carboxylic acids is 1. The van der Waals surface area contributed by atoms with Crippen LogP contribution in [0.5, 0.6) is 5.75 Å². The van der Waals surface area contributed by atoms with Gasteiger partial charge in [0.1, 0.15) is 5.75 Å². The summed E-state index contributed by atoms with van der Waals surface area (Å²) < 4.78 is 5.35. The van der Waals surface area contributed by atoms with Gasteiger partial charge >= 0.3 is 5.97 Å². The maximum atomic E-state index is 12.2. The van der Waals surface area contributed by atoms with Crippen molar-refractivity contribution in [2.45, 2.75) is 6.54 Å². The molecule has 7 heteroatoms. The minimum absolute atomic E-state index is 0.0780. The van der Waals surface area contributed by atoms with E-state index in [1.54, 1.807) is 24.3 Å². The molecule has 0 saturated heterocycles. The molecule has 118 valence electrons. The fourth-order valence-corrected chi connectivity index (χ4v) is 2.80. The average molecular weight is 352 g/mol. The number of nitrogens with zero attached hydrogens (tertiary/aromatic N) is 1. The number of rotatable bonds is 3. The standard InChI is InChI=1S/C16H11Cl2NO4/c17-11-3-1-10(12(18)6-11)7-19-13-5-9(16(21)22)2-4-14(13)23-8-15(19)20/h1-6H,7-8H2,(H,21,22). The third-order valence-corrected chi connectivity index (χ3v) is 4.08. The Morgan fingerprint density at radius 3 is 2.70 bits per heavy atom. The SMILES string of the molecule is O=C(O)c1ccc2c(c1)N(Cc1ccc(Cl)cc1Cl)C(=O)CO2. The molecule has 0 spiro atoms. The number of halogens is 2. The molecular weight excluding hydrogens is 341 g/mol. The second kappa shape index (κ2) is 6.10. The second-order valence-corrected chi connectivity index (χ2v) is 5.84. The van der Waals surface area contributed by atoms with E-state index in [9.17, 15) is 9.59 Å². The van der Waals surface area contributed by atoms with E-state index in [2.05, 4.69) is 0 Å². The number of carboxylic acids is 1. The monoisotopic (exact) mass is 351 g/mol. The summed E-state index contributed by atoms with van der Waals surface area (Å²) >= 11 is 12.0. The molecule has 1 amide bonds. The van der Waals surface area contributed by atoms with Crippen LogP contribution in [-0.4, -0.2) is 23.6 Å². The summed E-state index contributed by atoms with van der Waals surface area (Å²) in [5.74, 6) is -0.888. The molecule has 0 unspecified atom stereocenters. The van der Waals surface area contributed by atoms with Crippen molar-refractivity contribution in [3.63, 3.8) is 0 Å². The quantitative estimate of drug-likeness (QED) is 0.916. The lowest BCUT2D eigenvalue weighted by Crippen LogP contribution is -2.38. The first-order valence-electron chi connectivity index (χ1n) is 6.70. The van der Waals surface area contributed by atoms with Gasteiger partial charge in [-0.15, -0.1) is 0 Å². The van der Waals surface area contributed by atoms with Crippen molar-refractivity contribution in [2.24, 2.45) is 0 Å². The zero-order valence-corrected chi connectivity index (χ0v) is 13.3. The number of carboxylic acid groups (broad SMARTS) is 1. The number of anilines is 1. The highest BCUT2D eigenvalue weighted by atomic mass is 35.5. The highest BCUT2D eigenvalue weighted by molar-refractivity contribution is 6.35. The predicted octanol–water partition coefficient (Wildman–Crippen LogP) is 3.62. The van der Waals surface area contributed by atoms with Gasteiger partial charge in [0.25, 0.3) is 5.91 Å². The molecule has 1 heterocycles. The van der Waals surface area contributed by atoms with Crippen molar-refractivity contribution in [3.8, 4) is 5.75 Å². The van der Waals surface area contributed by atoms with Crippen LogP contribution in [0, 0.1) is 0 Å². The Morgan fingerprint density at radius 1 is 1.22 bits per heavy atom. The molecule has 0 radical (unpaired) electrons. The molecule has 23 heavy (non-hydrogen) atoms. The van der Waals surface area contributed by atoms with E-state index in [0.29, 0.717) is 27.0 Å². The zero-order chi connectivity index (χ0) is 16.6. The number of hydrogen-bond donors (Lipinski definition) is 1. The minimum atomic E-state index is -1.07. The molecule has 2 aromatic carbocycles. The Bertz CT molecular complexity index is 807. The van der Waals surface area contributed by atoms with Gasteiger partial charge in [0.05, 0.1) is 17.8 Å². The maximum Gasteiger partial charge on any atom is 0.335 e. The van der Waals surface area contributed by atoms with Crippen LogP contribution < -0.4 is 9.64 Å². The van der Waals surface area contributed by atoms with Crippen LogP contribution in [0.1, 0.15) is 15.9 Å². The van der Waals surface area contributed by atoms with Crippen molar-refractivity contribution in [3.05, 3.63) is 57.6 Å². The number of amides is 1. The van der Waals surface area contributed by atoms with Crippen LogP contribution in [0.3, 0.4) is 0 Å². The van der Waals surface area contributed by atoms with Crippen LogP contribution in [0.15, 0.2) is 36.4 Å². The molecule has 0 saturated carbocycles. The molecule has 2 aromatic rings. The lowest BCUT2D eigenvalue weighted by atomic mass is 10.1. The van der Waals surface area contributed by atoms with Crippen LogP contribution in [0.2, 0.25) is 10.0 Å². The molecule has 1 aliphatic rings. The number of hydrogen-bond acceptors (Lipinski definition) is 3. The van der Waals surface area contributed by atoms with Crippen molar-refractivity contribution in [1.29, 1.82) is 0 Å². The topological polar surface area (TPSA) is 66.8 Å². The highest BCUT2D eigenvalue weighted by Gasteiger charge is 2.27. The van der Waals surface area contributed by atoms with Crippen LogP contribution >= 0.6 is 23.2 Å². The van der Waals surface area contributed by atoms with Crippen LogP contribution in [0.4, 0.5) is 5.69 Å². The zero-order valence-electron chi connectivity index (χ0n) is 11.8. The molecule has 0 atom stereocenters. The third kappa shape index (κ3) is 3.11. The van der Waals surface area contributed by atoms with Crippen LogP contribution in [0.25, 0.3) is 0 Å². The number of ether oxygens (including phenoxy) is 1. The van der Waals surface area contributed by atoms with E-state index in [1.165, 1.54) is 17.0 Å². The number of carbonyl (C=O) groups is 2. The van der Waals surface area contributed by atoms with Gasteiger partial charge in [0.15, 0.2) is 6.61 Å². The third-order valence-electron chi connectivity index (χ3n) is 3.49. The average Bonchev–Trinajstić information content (AvgIpc) is 2.51. The second-order valence-electron chi connectivity index (χ2n) is 4.99. The predicted molar refractivity (Wildman–Crippen MR) is 86.5 cm³/mol. The molecule has 0 fully saturated rings. The van der Waals surface area contributed by atoms with Crippen molar-refractivity contribution in [1.82, 2.24) is 0 Å². The Morgan fingerprint density at radius 2 is 2.00 bits per heavy atom. The van der Waals surface area contributed by atoms with Gasteiger partial charge in [-0.2, -0.15) is 0 Å². The lowest BCUT2D eigenvalue weighted by molar-refractivity contribution is -0.121. The summed E-state index contributed by atoms with van der Waals surface area (Å²) in [4.78, 5) is 24.8. The molecule has 5 nitrogen and oxygen atoms in total. The Balaban J connectivity index is 2.00. The van der Waals surface area contributed by atoms with E-state index in [-0.39, 0.29) is 24.6 Å². The summed E-state index contributed by atoms with van der Waals surface area (Å²) in [6.07, 6.45) is 0. The van der Waals surface area contributed by atoms with E-state index in [0.717, 1.165) is 0 Å². The van der Waals surface area contributed by atoms with Gasteiger partial charge in [-0.05, 0) is 35.9 Å². The number of aromatic carboxylic acids is 1. The fourth-order valence-electron chi connectivity index (χ4n) is 2.33. The van der Waals surface area contributed by atoms with Crippen molar-refractivity contribution >= 4 is 40.8 Å². The summed E-state index contributed by atoms with van der Waals surface area (Å²) in [7, 11) is 0. The molecule has 0 aliphatic carbocycles. The smallest absolute Gasteiger partial charge is 0.335 e. The minimum Gasteiger partial charge on any atom is -0.482 e. The molecule has 1 N–H and O–H groups in total. The molecular formula is C16H11Cl2NO4. The molecule has 3 rings (SSSR count). The number of benzene rings is 2. The number of fused-ring (bicyclic) bond motifs is 1. The Kier molecular flexibility index (Phi) is 4.15.